The summed E-state index contributed by atoms with van der Waals surface area (Å²) in [7, 11) is 0. The number of ether oxygens (including phenoxy) is 1. The first-order chi connectivity index (χ1) is 7.69. The van der Waals surface area contributed by atoms with E-state index in [0.29, 0.717) is 31.7 Å². The van der Waals surface area contributed by atoms with Crippen LogP contribution in [0.25, 0.3) is 0 Å². The van der Waals surface area contributed by atoms with Crippen molar-refractivity contribution in [1.29, 1.82) is 0 Å². The Balaban J connectivity index is 1.99. The van der Waals surface area contributed by atoms with Crippen LogP contribution in [-0.4, -0.2) is 30.4 Å². The Kier molecular flexibility index (Phi) is 3.59. The molecule has 89 valence electrons. The number of hydrogen-bond donors (Lipinski definition) is 1. The van der Waals surface area contributed by atoms with Gasteiger partial charge in [-0.1, -0.05) is 0 Å². The van der Waals surface area contributed by atoms with E-state index >= 15 is 0 Å². The molecular weight excluding hydrogens is 206 g/mol. The maximum Gasteiger partial charge on any atom is 0.309 e. The summed E-state index contributed by atoms with van der Waals surface area (Å²) in [5.41, 5.74) is 0. The SMILES string of the molecule is CCOC(=O)C1[CH]CC2CC(=O)CC(C1)N2. The molecule has 1 radical (unpaired) electrons. The van der Waals surface area contributed by atoms with Crippen LogP contribution in [0.2, 0.25) is 0 Å². The van der Waals surface area contributed by atoms with Crippen molar-refractivity contribution in [2.45, 2.75) is 44.7 Å². The Bertz CT molecular complexity index is 290. The van der Waals surface area contributed by atoms with E-state index in [0.717, 1.165) is 6.42 Å². The van der Waals surface area contributed by atoms with E-state index < -0.39 is 0 Å². The molecular formula is C12H18NO3. The summed E-state index contributed by atoms with van der Waals surface area (Å²) in [4.78, 5) is 23.1. The molecule has 16 heavy (non-hydrogen) atoms. The van der Waals surface area contributed by atoms with Crippen LogP contribution in [0.15, 0.2) is 0 Å². The lowest BCUT2D eigenvalue weighted by molar-refractivity contribution is -0.147. The number of hydrogen-bond acceptors (Lipinski definition) is 4. The third-order valence-corrected chi connectivity index (χ3v) is 3.25. The fourth-order valence-corrected chi connectivity index (χ4v) is 2.56. The zero-order chi connectivity index (χ0) is 11.5. The number of piperidine rings is 1. The number of nitrogens with one attached hydrogen (secondary N) is 1. The zero-order valence-corrected chi connectivity index (χ0v) is 9.57. The number of rotatable bonds is 2. The normalized spacial score (nSPS) is 34.3. The molecule has 3 atom stereocenters. The van der Waals surface area contributed by atoms with Crippen molar-refractivity contribution in [1.82, 2.24) is 5.32 Å². The van der Waals surface area contributed by atoms with Crippen LogP contribution < -0.4 is 5.32 Å². The molecule has 0 aromatic rings. The van der Waals surface area contributed by atoms with Crippen molar-refractivity contribution in [2.24, 2.45) is 5.92 Å². The first kappa shape index (κ1) is 11.6. The molecule has 2 aliphatic heterocycles. The van der Waals surface area contributed by atoms with Gasteiger partial charge in [0.2, 0.25) is 0 Å². The van der Waals surface area contributed by atoms with Gasteiger partial charge in [-0.15, -0.1) is 0 Å². The molecule has 0 spiro atoms. The molecule has 2 rings (SSSR count). The highest BCUT2D eigenvalue weighted by Crippen LogP contribution is 2.27. The van der Waals surface area contributed by atoms with E-state index in [1.165, 1.54) is 0 Å². The summed E-state index contributed by atoms with van der Waals surface area (Å²) in [6, 6.07) is 0.380. The van der Waals surface area contributed by atoms with Crippen molar-refractivity contribution in [3.63, 3.8) is 0 Å². The van der Waals surface area contributed by atoms with Gasteiger partial charge in [0.25, 0.3) is 0 Å². The van der Waals surface area contributed by atoms with Crippen molar-refractivity contribution in [3.8, 4) is 0 Å². The Labute approximate surface area is 95.7 Å². The minimum absolute atomic E-state index is 0.145. The maximum absolute atomic E-state index is 11.7. The average Bonchev–Trinajstić information content (AvgIpc) is 2.37. The summed E-state index contributed by atoms with van der Waals surface area (Å²) in [6.45, 7) is 2.23. The third-order valence-electron chi connectivity index (χ3n) is 3.25. The molecule has 0 amide bonds. The van der Waals surface area contributed by atoms with Crippen molar-refractivity contribution < 1.29 is 14.3 Å². The molecule has 4 nitrogen and oxygen atoms in total. The van der Waals surface area contributed by atoms with Crippen LogP contribution in [0.5, 0.6) is 0 Å². The molecule has 2 saturated heterocycles. The van der Waals surface area contributed by atoms with Gasteiger partial charge in [-0.25, -0.2) is 0 Å². The van der Waals surface area contributed by atoms with Crippen LogP contribution in [0, 0.1) is 12.3 Å². The van der Waals surface area contributed by atoms with Gasteiger partial charge in [-0.3, -0.25) is 9.59 Å². The Morgan fingerprint density at radius 3 is 3.00 bits per heavy atom. The highest BCUT2D eigenvalue weighted by molar-refractivity contribution is 5.81. The molecule has 0 aromatic carbocycles. The van der Waals surface area contributed by atoms with Crippen LogP contribution >= 0.6 is 0 Å². The first-order valence-corrected chi connectivity index (χ1v) is 5.96. The summed E-state index contributed by atoms with van der Waals surface area (Å²) in [5, 5.41) is 3.41. The van der Waals surface area contributed by atoms with E-state index in [1.54, 1.807) is 0 Å². The van der Waals surface area contributed by atoms with Crippen LogP contribution in [-0.2, 0) is 14.3 Å². The molecule has 0 aromatic heterocycles. The second-order valence-corrected chi connectivity index (χ2v) is 4.57. The summed E-state index contributed by atoms with van der Waals surface area (Å²) < 4.78 is 5.03. The van der Waals surface area contributed by atoms with Gasteiger partial charge in [0, 0.05) is 24.9 Å². The number of Topliss-reactive ketones (excluding diaryl/α,β-unsaturated/α-hetero) is 1. The molecule has 0 aliphatic carbocycles. The van der Waals surface area contributed by atoms with Gasteiger partial charge < -0.3 is 10.1 Å². The van der Waals surface area contributed by atoms with Gasteiger partial charge in [-0.2, -0.15) is 0 Å². The van der Waals surface area contributed by atoms with Gasteiger partial charge >= 0.3 is 5.97 Å². The van der Waals surface area contributed by atoms with E-state index in [9.17, 15) is 9.59 Å². The number of carbonyl (C=O) groups is 2. The van der Waals surface area contributed by atoms with Crippen molar-refractivity contribution in [2.75, 3.05) is 6.61 Å². The van der Waals surface area contributed by atoms with Crippen LogP contribution in [0.3, 0.4) is 0 Å². The summed E-state index contributed by atoms with van der Waals surface area (Å²) in [5.74, 6) is 0.0179. The van der Waals surface area contributed by atoms with Crippen LogP contribution in [0.4, 0.5) is 0 Å². The Morgan fingerprint density at radius 1 is 1.50 bits per heavy atom. The maximum atomic E-state index is 11.7. The van der Waals surface area contributed by atoms with Gasteiger partial charge in [-0.05, 0) is 26.2 Å². The van der Waals surface area contributed by atoms with E-state index in [-0.39, 0.29) is 24.0 Å². The Morgan fingerprint density at radius 2 is 2.25 bits per heavy atom. The number of ketones is 1. The molecule has 4 heteroatoms. The number of carbonyl (C=O) groups excluding carboxylic acids is 2. The highest BCUT2D eigenvalue weighted by Gasteiger charge is 2.35. The zero-order valence-electron chi connectivity index (χ0n) is 9.57. The van der Waals surface area contributed by atoms with E-state index in [2.05, 4.69) is 5.32 Å². The van der Waals surface area contributed by atoms with Crippen molar-refractivity contribution in [3.05, 3.63) is 6.42 Å². The lowest BCUT2D eigenvalue weighted by atomic mass is 9.94. The monoisotopic (exact) mass is 224 g/mol. The number of fused-ring (bicyclic) bond motifs is 2. The minimum Gasteiger partial charge on any atom is -0.466 e. The summed E-state index contributed by atoms with van der Waals surface area (Å²) >= 11 is 0. The quantitative estimate of drug-likeness (QED) is 0.707. The first-order valence-electron chi connectivity index (χ1n) is 5.96. The van der Waals surface area contributed by atoms with E-state index in [4.69, 9.17) is 4.74 Å². The molecule has 1 N–H and O–H groups in total. The smallest absolute Gasteiger partial charge is 0.309 e. The van der Waals surface area contributed by atoms with Gasteiger partial charge in [0.1, 0.15) is 5.78 Å². The second kappa shape index (κ2) is 4.95. The number of esters is 1. The fraction of sp³-hybridized carbons (Fsp3) is 0.750. The lowest BCUT2D eigenvalue weighted by Gasteiger charge is -2.27. The molecule has 2 heterocycles. The standard InChI is InChI=1S/C12H18NO3/c1-2-16-12(15)8-3-4-9-6-11(14)7-10(5-8)13-9/h3,8-10,13H,2,4-7H2,1H3. The largest absolute Gasteiger partial charge is 0.466 e. The lowest BCUT2D eigenvalue weighted by Crippen LogP contribution is -2.44. The third kappa shape index (κ3) is 2.61. The average molecular weight is 224 g/mol. The highest BCUT2D eigenvalue weighted by atomic mass is 16.5. The van der Waals surface area contributed by atoms with Gasteiger partial charge in [0.05, 0.1) is 12.5 Å². The molecule has 2 aliphatic rings. The predicted octanol–water partition coefficient (Wildman–Crippen LogP) is 0.853. The second-order valence-electron chi connectivity index (χ2n) is 4.57. The summed E-state index contributed by atoms with van der Waals surface area (Å²) in [6.07, 6.45) is 4.64. The molecule has 0 saturated carbocycles. The van der Waals surface area contributed by atoms with Crippen LogP contribution in [0.1, 0.15) is 32.6 Å². The molecule has 2 bridgehead atoms. The fourth-order valence-electron chi connectivity index (χ4n) is 2.56. The Hall–Kier alpha value is -0.900. The molecule has 2 fully saturated rings. The predicted molar refractivity (Wildman–Crippen MR) is 58.6 cm³/mol. The van der Waals surface area contributed by atoms with Gasteiger partial charge in [0.15, 0.2) is 0 Å². The topological polar surface area (TPSA) is 55.4 Å². The van der Waals surface area contributed by atoms with E-state index in [1.807, 2.05) is 13.3 Å². The molecule has 3 unspecified atom stereocenters. The minimum atomic E-state index is -0.149. The van der Waals surface area contributed by atoms with Crippen molar-refractivity contribution >= 4 is 11.8 Å².